The van der Waals surface area contributed by atoms with Crippen molar-refractivity contribution < 1.29 is 4.74 Å². The summed E-state index contributed by atoms with van der Waals surface area (Å²) in [6.45, 7) is 4.65. The molecule has 23 heavy (non-hydrogen) atoms. The molecule has 122 valence electrons. The van der Waals surface area contributed by atoms with Gasteiger partial charge in [0.2, 0.25) is 0 Å². The molecule has 0 bridgehead atoms. The zero-order chi connectivity index (χ0) is 15.9. The van der Waals surface area contributed by atoms with E-state index in [1.165, 1.54) is 25.7 Å². The van der Waals surface area contributed by atoms with Crippen molar-refractivity contribution in [1.82, 2.24) is 14.6 Å². The number of hydrazone groups is 1. The van der Waals surface area contributed by atoms with Crippen molar-refractivity contribution in [3.05, 3.63) is 48.5 Å². The van der Waals surface area contributed by atoms with Crippen LogP contribution in [0.3, 0.4) is 0 Å². The normalized spacial score (nSPS) is 16.2. The molecular formula is C18H24N4O. The van der Waals surface area contributed by atoms with Crippen LogP contribution < -0.4 is 4.74 Å². The summed E-state index contributed by atoms with van der Waals surface area (Å²) in [6.07, 6.45) is 10.5. The van der Waals surface area contributed by atoms with Gasteiger partial charge in [-0.1, -0.05) is 25.0 Å². The molecule has 0 saturated carbocycles. The molecule has 5 nitrogen and oxygen atoms in total. The van der Waals surface area contributed by atoms with Crippen LogP contribution >= 0.6 is 0 Å². The molecule has 0 amide bonds. The first-order chi connectivity index (χ1) is 11.4. The monoisotopic (exact) mass is 312 g/mol. The van der Waals surface area contributed by atoms with E-state index in [4.69, 9.17) is 9.84 Å². The van der Waals surface area contributed by atoms with Gasteiger partial charge >= 0.3 is 0 Å². The Kier molecular flexibility index (Phi) is 5.29. The van der Waals surface area contributed by atoms with Gasteiger partial charge in [-0.25, -0.2) is 4.98 Å². The molecule has 0 atom stereocenters. The Hall–Kier alpha value is -2.30. The van der Waals surface area contributed by atoms with E-state index >= 15 is 0 Å². The number of aromatic nitrogens is 2. The average molecular weight is 312 g/mol. The molecule has 0 spiro atoms. The van der Waals surface area contributed by atoms with Crippen LogP contribution in [0.5, 0.6) is 5.75 Å². The summed E-state index contributed by atoms with van der Waals surface area (Å²) >= 11 is 0. The Labute approximate surface area is 137 Å². The second kappa shape index (κ2) is 7.81. The van der Waals surface area contributed by atoms with Crippen molar-refractivity contribution in [2.75, 3.05) is 19.7 Å². The topological polar surface area (TPSA) is 42.6 Å². The van der Waals surface area contributed by atoms with E-state index < -0.39 is 0 Å². The fourth-order valence-electron chi connectivity index (χ4n) is 2.85. The molecule has 0 unspecified atom stereocenters. The van der Waals surface area contributed by atoms with Crippen LogP contribution in [0.1, 0.15) is 38.2 Å². The lowest BCUT2D eigenvalue weighted by Crippen LogP contribution is -2.24. The van der Waals surface area contributed by atoms with Crippen LogP contribution in [-0.4, -0.2) is 40.1 Å². The largest absolute Gasteiger partial charge is 0.493 e. The first-order valence-electron chi connectivity index (χ1n) is 8.42. The van der Waals surface area contributed by atoms with E-state index in [2.05, 4.69) is 16.1 Å². The second-order valence-electron chi connectivity index (χ2n) is 5.69. The molecule has 0 N–H and O–H groups in total. The smallest absolute Gasteiger partial charge is 0.169 e. The van der Waals surface area contributed by atoms with E-state index in [0.717, 1.165) is 30.2 Å². The number of hydrogen-bond acceptors (Lipinski definition) is 4. The van der Waals surface area contributed by atoms with Crippen LogP contribution in [0.15, 0.2) is 48.1 Å². The number of para-hydroxylation sites is 1. The van der Waals surface area contributed by atoms with Crippen LogP contribution in [0.4, 0.5) is 0 Å². The van der Waals surface area contributed by atoms with Crippen molar-refractivity contribution in [2.45, 2.75) is 32.6 Å². The molecule has 1 aromatic carbocycles. The highest BCUT2D eigenvalue weighted by Crippen LogP contribution is 2.21. The lowest BCUT2D eigenvalue weighted by molar-refractivity contribution is 0.299. The molecule has 0 aliphatic carbocycles. The van der Waals surface area contributed by atoms with E-state index in [9.17, 15) is 0 Å². The van der Waals surface area contributed by atoms with Gasteiger partial charge in [-0.05, 0) is 31.9 Å². The summed E-state index contributed by atoms with van der Waals surface area (Å²) in [6, 6.07) is 8.06. The average Bonchev–Trinajstić information content (AvgIpc) is 2.98. The summed E-state index contributed by atoms with van der Waals surface area (Å²) in [5.41, 5.74) is 0.997. The lowest BCUT2D eigenvalue weighted by Gasteiger charge is -2.20. The molecule has 1 aromatic heterocycles. The highest BCUT2D eigenvalue weighted by Gasteiger charge is 2.15. The van der Waals surface area contributed by atoms with Gasteiger partial charge in [0.05, 0.1) is 12.2 Å². The number of nitrogens with zero attached hydrogens (tertiary/aromatic N) is 4. The maximum Gasteiger partial charge on any atom is 0.169 e. The minimum absolute atomic E-state index is 0.637. The third kappa shape index (κ3) is 3.92. The third-order valence-corrected chi connectivity index (χ3v) is 4.00. The summed E-state index contributed by atoms with van der Waals surface area (Å²) in [4.78, 5) is 4.18. The maximum atomic E-state index is 5.80. The minimum Gasteiger partial charge on any atom is -0.493 e. The molecule has 2 heterocycles. The second-order valence-corrected chi connectivity index (χ2v) is 5.69. The molecular weight excluding hydrogens is 288 g/mol. The Morgan fingerprint density at radius 1 is 1.17 bits per heavy atom. The Morgan fingerprint density at radius 2 is 1.96 bits per heavy atom. The first-order valence-corrected chi connectivity index (χ1v) is 8.42. The number of rotatable bonds is 4. The van der Waals surface area contributed by atoms with Crippen LogP contribution in [0.25, 0.3) is 0 Å². The van der Waals surface area contributed by atoms with Gasteiger partial charge < -0.3 is 4.74 Å². The zero-order valence-corrected chi connectivity index (χ0v) is 13.7. The lowest BCUT2D eigenvalue weighted by atomic mass is 10.2. The molecule has 2 aromatic rings. The van der Waals surface area contributed by atoms with Gasteiger partial charge in [0.25, 0.3) is 0 Å². The van der Waals surface area contributed by atoms with Crippen molar-refractivity contribution in [1.29, 1.82) is 0 Å². The minimum atomic E-state index is 0.637. The predicted octanol–water partition coefficient (Wildman–Crippen LogP) is 3.37. The van der Waals surface area contributed by atoms with Gasteiger partial charge in [-0.15, -0.1) is 0 Å². The molecule has 0 radical (unpaired) electrons. The number of ether oxygens (including phenoxy) is 1. The maximum absolute atomic E-state index is 5.80. The Bertz CT molecular complexity index is 628. The molecule has 3 rings (SSSR count). The Balaban J connectivity index is 1.99. The SMILES string of the molecule is CCOc1ccccc1C(=NN1CCCCCC1)n1ccnc1. The van der Waals surface area contributed by atoms with E-state index in [-0.39, 0.29) is 0 Å². The molecule has 1 fully saturated rings. The van der Waals surface area contributed by atoms with Gasteiger partial charge in [-0.3, -0.25) is 9.58 Å². The van der Waals surface area contributed by atoms with Crippen LogP contribution in [-0.2, 0) is 0 Å². The highest BCUT2D eigenvalue weighted by molar-refractivity contribution is 6.02. The van der Waals surface area contributed by atoms with Crippen LogP contribution in [0, 0.1) is 0 Å². The quantitative estimate of drug-likeness (QED) is 0.642. The summed E-state index contributed by atoms with van der Waals surface area (Å²) in [5, 5.41) is 7.13. The van der Waals surface area contributed by atoms with Crippen molar-refractivity contribution in [3.63, 3.8) is 0 Å². The Morgan fingerprint density at radius 3 is 2.65 bits per heavy atom. The summed E-state index contributed by atoms with van der Waals surface area (Å²) < 4.78 is 7.76. The summed E-state index contributed by atoms with van der Waals surface area (Å²) in [5.74, 6) is 1.73. The fourth-order valence-corrected chi connectivity index (χ4v) is 2.85. The number of benzene rings is 1. The number of imidazole rings is 1. The number of hydrogen-bond donors (Lipinski definition) is 0. The molecule has 1 saturated heterocycles. The van der Waals surface area contributed by atoms with E-state index in [1.54, 1.807) is 12.5 Å². The standard InChI is InChI=1S/C18H24N4O/c1-2-23-17-10-6-5-9-16(17)18(21-14-11-19-15-21)20-22-12-7-3-4-8-13-22/h5-6,9-11,14-15H,2-4,7-8,12-13H2,1H3. The molecule has 5 heteroatoms. The highest BCUT2D eigenvalue weighted by atomic mass is 16.5. The van der Waals surface area contributed by atoms with E-state index in [1.807, 2.05) is 35.9 Å². The van der Waals surface area contributed by atoms with Gasteiger partial charge in [0.15, 0.2) is 5.84 Å². The van der Waals surface area contributed by atoms with Gasteiger partial charge in [0, 0.05) is 25.5 Å². The van der Waals surface area contributed by atoms with Gasteiger partial charge in [0.1, 0.15) is 12.1 Å². The third-order valence-electron chi connectivity index (χ3n) is 4.00. The zero-order valence-electron chi connectivity index (χ0n) is 13.7. The fraction of sp³-hybridized carbons (Fsp3) is 0.444. The van der Waals surface area contributed by atoms with Gasteiger partial charge in [-0.2, -0.15) is 5.10 Å². The molecule has 1 aliphatic rings. The first kappa shape index (κ1) is 15.6. The van der Waals surface area contributed by atoms with Crippen molar-refractivity contribution >= 4 is 5.84 Å². The van der Waals surface area contributed by atoms with E-state index in [0.29, 0.717) is 6.61 Å². The predicted molar refractivity (Wildman–Crippen MR) is 91.8 cm³/mol. The summed E-state index contributed by atoms with van der Waals surface area (Å²) in [7, 11) is 0. The van der Waals surface area contributed by atoms with Crippen molar-refractivity contribution in [3.8, 4) is 5.75 Å². The van der Waals surface area contributed by atoms with Crippen LogP contribution in [0.2, 0.25) is 0 Å². The van der Waals surface area contributed by atoms with Crippen molar-refractivity contribution in [2.24, 2.45) is 5.10 Å². The molecule has 1 aliphatic heterocycles.